The Morgan fingerprint density at radius 1 is 1.11 bits per heavy atom. The molecule has 1 atom stereocenters. The molecule has 0 aliphatic carbocycles. The van der Waals surface area contributed by atoms with Gasteiger partial charge >= 0.3 is 11.9 Å². The number of rotatable bonds is 8. The van der Waals surface area contributed by atoms with Crippen LogP contribution < -0.4 is 16.4 Å². The van der Waals surface area contributed by atoms with E-state index in [1.165, 1.54) is 12.7 Å². The van der Waals surface area contributed by atoms with Crippen LogP contribution in [0.4, 0.5) is 17.5 Å². The summed E-state index contributed by atoms with van der Waals surface area (Å²) in [5, 5.41) is 0. The van der Waals surface area contributed by atoms with E-state index in [9.17, 15) is 9.59 Å². The number of fused-ring (bicyclic) bond motifs is 1. The number of nitrogen functional groups attached to an aromatic ring is 2. The molecule has 2 aromatic carbocycles. The fourth-order valence-electron chi connectivity index (χ4n) is 4.35. The number of carbonyl (C=O) groups excluding carboxylic acids is 2. The summed E-state index contributed by atoms with van der Waals surface area (Å²) in [5.41, 5.74) is 17.7. The van der Waals surface area contributed by atoms with Crippen LogP contribution in [0.3, 0.4) is 0 Å². The summed E-state index contributed by atoms with van der Waals surface area (Å²) in [6.45, 7) is 3.48. The van der Waals surface area contributed by atoms with Crippen molar-refractivity contribution in [2.75, 3.05) is 36.6 Å². The standard InChI is InChI=1S/C26H29N5O4/c1-3-35-23(32)13-21(25(33)34-2)17-6-4-16(5-7-17)18-8-9-22-19(12-18)10-11-31(22)15-20-14-29-26(28)30-24(20)27/h4-9,12,14,21H,3,10-11,13,15H2,1-2H3,(H4,27,28,29,30). The Morgan fingerprint density at radius 3 is 2.54 bits per heavy atom. The number of hydrogen-bond donors (Lipinski definition) is 2. The molecule has 35 heavy (non-hydrogen) atoms. The van der Waals surface area contributed by atoms with Crippen LogP contribution in [0.15, 0.2) is 48.7 Å². The molecule has 0 saturated carbocycles. The van der Waals surface area contributed by atoms with Gasteiger partial charge in [0.25, 0.3) is 0 Å². The van der Waals surface area contributed by atoms with Crippen molar-refractivity contribution in [2.45, 2.75) is 32.2 Å². The zero-order chi connectivity index (χ0) is 24.9. The number of hydrogen-bond acceptors (Lipinski definition) is 9. The molecule has 0 spiro atoms. The van der Waals surface area contributed by atoms with E-state index in [-0.39, 0.29) is 19.0 Å². The van der Waals surface area contributed by atoms with Crippen molar-refractivity contribution < 1.29 is 19.1 Å². The maximum atomic E-state index is 12.3. The Bertz CT molecular complexity index is 1230. The average Bonchev–Trinajstić information content (AvgIpc) is 3.26. The van der Waals surface area contributed by atoms with E-state index >= 15 is 0 Å². The van der Waals surface area contributed by atoms with Crippen molar-refractivity contribution in [3.05, 3.63) is 65.4 Å². The van der Waals surface area contributed by atoms with Crippen molar-refractivity contribution >= 4 is 29.4 Å². The molecule has 0 bridgehead atoms. The first kappa shape index (κ1) is 24.0. The summed E-state index contributed by atoms with van der Waals surface area (Å²) in [4.78, 5) is 34.6. The molecule has 1 aliphatic rings. The van der Waals surface area contributed by atoms with Crippen LogP contribution >= 0.6 is 0 Å². The van der Waals surface area contributed by atoms with Gasteiger partial charge in [0.2, 0.25) is 5.95 Å². The van der Waals surface area contributed by atoms with Gasteiger partial charge in [-0.3, -0.25) is 9.59 Å². The lowest BCUT2D eigenvalue weighted by atomic mass is 9.93. The van der Waals surface area contributed by atoms with Crippen LogP contribution in [0.2, 0.25) is 0 Å². The van der Waals surface area contributed by atoms with E-state index < -0.39 is 17.9 Å². The Labute approximate surface area is 204 Å². The molecule has 4 N–H and O–H groups in total. The summed E-state index contributed by atoms with van der Waals surface area (Å²) in [6, 6.07) is 14.0. The summed E-state index contributed by atoms with van der Waals surface area (Å²) in [5.74, 6) is -1.03. The lowest BCUT2D eigenvalue weighted by Gasteiger charge is -2.20. The van der Waals surface area contributed by atoms with Gasteiger partial charge in [-0.2, -0.15) is 4.98 Å². The Kier molecular flexibility index (Phi) is 7.14. The highest BCUT2D eigenvalue weighted by atomic mass is 16.5. The molecule has 0 saturated heterocycles. The predicted octanol–water partition coefficient (Wildman–Crippen LogP) is 3.08. The van der Waals surface area contributed by atoms with Gasteiger partial charge in [-0.1, -0.05) is 30.3 Å². The predicted molar refractivity (Wildman–Crippen MR) is 133 cm³/mol. The Hall–Kier alpha value is -4.14. The van der Waals surface area contributed by atoms with Crippen LogP contribution in [0.5, 0.6) is 0 Å². The van der Waals surface area contributed by atoms with Crippen LogP contribution in [-0.4, -0.2) is 42.2 Å². The smallest absolute Gasteiger partial charge is 0.313 e. The molecule has 0 radical (unpaired) electrons. The third-order valence-corrected chi connectivity index (χ3v) is 6.16. The van der Waals surface area contributed by atoms with Gasteiger partial charge in [0, 0.05) is 30.5 Å². The molecular formula is C26H29N5O4. The highest BCUT2D eigenvalue weighted by Gasteiger charge is 2.26. The minimum atomic E-state index is -0.702. The number of esters is 2. The second-order valence-electron chi connectivity index (χ2n) is 8.36. The van der Waals surface area contributed by atoms with Crippen LogP contribution in [-0.2, 0) is 32.0 Å². The van der Waals surface area contributed by atoms with Crippen LogP contribution in [0.25, 0.3) is 11.1 Å². The molecule has 0 amide bonds. The lowest BCUT2D eigenvalue weighted by Crippen LogP contribution is -2.21. The Balaban J connectivity index is 1.51. The van der Waals surface area contributed by atoms with Gasteiger partial charge in [-0.15, -0.1) is 0 Å². The number of carbonyl (C=O) groups is 2. The van der Waals surface area contributed by atoms with Gasteiger partial charge in [0.1, 0.15) is 5.82 Å². The summed E-state index contributed by atoms with van der Waals surface area (Å²) < 4.78 is 9.92. The molecule has 1 unspecified atom stereocenters. The minimum Gasteiger partial charge on any atom is -0.469 e. The first-order chi connectivity index (χ1) is 16.9. The molecule has 4 rings (SSSR count). The Morgan fingerprint density at radius 2 is 1.86 bits per heavy atom. The van der Waals surface area contributed by atoms with E-state index in [2.05, 4.69) is 33.1 Å². The molecule has 182 valence electrons. The van der Waals surface area contributed by atoms with Crippen molar-refractivity contribution in [3.63, 3.8) is 0 Å². The second-order valence-corrected chi connectivity index (χ2v) is 8.36. The molecule has 3 aromatic rings. The number of aromatic nitrogens is 2. The van der Waals surface area contributed by atoms with Gasteiger partial charge in [-0.05, 0) is 47.7 Å². The number of benzene rings is 2. The SMILES string of the molecule is CCOC(=O)CC(C(=O)OC)c1ccc(-c2ccc3c(c2)CCN3Cc2cnc(N)nc2N)cc1. The molecule has 9 heteroatoms. The molecule has 9 nitrogen and oxygen atoms in total. The van der Waals surface area contributed by atoms with Crippen molar-refractivity contribution in [2.24, 2.45) is 0 Å². The maximum absolute atomic E-state index is 12.3. The molecule has 0 fully saturated rings. The summed E-state index contributed by atoms with van der Waals surface area (Å²) in [7, 11) is 1.32. The van der Waals surface area contributed by atoms with Gasteiger partial charge < -0.3 is 25.8 Å². The van der Waals surface area contributed by atoms with Crippen molar-refractivity contribution in [1.82, 2.24) is 9.97 Å². The molecule has 1 aliphatic heterocycles. The van der Waals surface area contributed by atoms with Gasteiger partial charge in [-0.25, -0.2) is 4.98 Å². The fourth-order valence-corrected chi connectivity index (χ4v) is 4.35. The van der Waals surface area contributed by atoms with E-state index in [1.54, 1.807) is 13.1 Å². The summed E-state index contributed by atoms with van der Waals surface area (Å²) in [6.07, 6.45) is 2.54. The third kappa shape index (κ3) is 5.34. The maximum Gasteiger partial charge on any atom is 0.313 e. The van der Waals surface area contributed by atoms with Crippen LogP contribution in [0, 0.1) is 0 Å². The average molecular weight is 476 g/mol. The normalized spacial score (nSPS) is 13.3. The number of nitrogens with two attached hydrogens (primary N) is 2. The number of methoxy groups -OCH3 is 1. The van der Waals surface area contributed by atoms with E-state index in [0.29, 0.717) is 17.9 Å². The number of anilines is 3. The monoisotopic (exact) mass is 475 g/mol. The first-order valence-corrected chi connectivity index (χ1v) is 11.5. The minimum absolute atomic E-state index is 0.0574. The van der Waals surface area contributed by atoms with E-state index in [4.69, 9.17) is 20.9 Å². The van der Waals surface area contributed by atoms with Crippen molar-refractivity contribution in [3.8, 4) is 11.1 Å². The third-order valence-electron chi connectivity index (χ3n) is 6.16. The van der Waals surface area contributed by atoms with Crippen molar-refractivity contribution in [1.29, 1.82) is 0 Å². The largest absolute Gasteiger partial charge is 0.469 e. The molecule has 1 aromatic heterocycles. The molecule has 2 heterocycles. The second kappa shape index (κ2) is 10.4. The lowest BCUT2D eigenvalue weighted by molar-refractivity contribution is -0.150. The zero-order valence-corrected chi connectivity index (χ0v) is 19.9. The topological polar surface area (TPSA) is 134 Å². The zero-order valence-electron chi connectivity index (χ0n) is 19.9. The summed E-state index contributed by atoms with van der Waals surface area (Å²) >= 11 is 0. The highest BCUT2D eigenvalue weighted by molar-refractivity contribution is 5.84. The van der Waals surface area contributed by atoms with Crippen LogP contribution in [0.1, 0.15) is 36.0 Å². The highest BCUT2D eigenvalue weighted by Crippen LogP contribution is 2.34. The van der Waals surface area contributed by atoms with E-state index in [0.717, 1.165) is 35.3 Å². The molecular weight excluding hydrogens is 446 g/mol. The van der Waals surface area contributed by atoms with E-state index in [1.807, 2.05) is 24.3 Å². The fraction of sp³-hybridized carbons (Fsp3) is 0.308. The number of ether oxygens (including phenoxy) is 2. The quantitative estimate of drug-likeness (QED) is 0.471. The van der Waals surface area contributed by atoms with Gasteiger partial charge in [0.15, 0.2) is 0 Å². The first-order valence-electron chi connectivity index (χ1n) is 11.5. The van der Waals surface area contributed by atoms with Gasteiger partial charge in [0.05, 0.1) is 26.1 Å². The number of nitrogens with zero attached hydrogens (tertiary/aromatic N) is 3.